The van der Waals surface area contributed by atoms with E-state index in [1.165, 1.54) is 0 Å². The second-order valence-corrected chi connectivity index (χ2v) is 5.94. The fraction of sp³-hybridized carbons (Fsp3) is 0.350. The maximum Gasteiger partial charge on any atom is 0.412 e. The summed E-state index contributed by atoms with van der Waals surface area (Å²) in [5.41, 5.74) is 2.05. The molecule has 0 saturated carbocycles. The van der Waals surface area contributed by atoms with Crippen LogP contribution in [0.4, 0.5) is 9.18 Å². The highest BCUT2D eigenvalue weighted by Gasteiger charge is 2.10. The zero-order valence-corrected chi connectivity index (χ0v) is 14.6. The number of hydrogen-bond acceptors (Lipinski definition) is 3. The molecule has 0 heterocycles. The van der Waals surface area contributed by atoms with Crippen LogP contribution in [-0.4, -0.2) is 25.9 Å². The van der Waals surface area contributed by atoms with E-state index < -0.39 is 12.8 Å². The van der Waals surface area contributed by atoms with Crippen molar-refractivity contribution in [2.75, 3.05) is 19.8 Å². The van der Waals surface area contributed by atoms with E-state index in [1.54, 1.807) is 18.2 Å². The first kappa shape index (κ1) is 18.8. The molecule has 0 fully saturated rings. The second-order valence-electron chi connectivity index (χ2n) is 5.94. The molecule has 0 atom stereocenters. The number of alkyl halides is 1. The summed E-state index contributed by atoms with van der Waals surface area (Å²) in [7, 11) is 0. The lowest BCUT2D eigenvalue weighted by Gasteiger charge is -2.13. The number of hydrogen-bond donors (Lipinski definition) is 1. The third-order valence-corrected chi connectivity index (χ3v) is 3.70. The number of halogens is 1. The van der Waals surface area contributed by atoms with E-state index in [4.69, 9.17) is 9.47 Å². The molecular weight excluding hydrogens is 320 g/mol. The van der Waals surface area contributed by atoms with Gasteiger partial charge >= 0.3 is 6.09 Å². The quantitative estimate of drug-likeness (QED) is 0.767. The van der Waals surface area contributed by atoms with Crippen LogP contribution in [0.5, 0.6) is 11.5 Å². The van der Waals surface area contributed by atoms with Gasteiger partial charge in [0.15, 0.2) is 0 Å². The summed E-state index contributed by atoms with van der Waals surface area (Å²) in [6.45, 7) is 4.13. The highest BCUT2D eigenvalue weighted by Crippen LogP contribution is 2.25. The molecular formula is C20H24FNO3. The molecule has 0 unspecified atom stereocenters. The fourth-order valence-corrected chi connectivity index (χ4v) is 2.40. The average molecular weight is 344 g/mol. The van der Waals surface area contributed by atoms with E-state index in [0.29, 0.717) is 24.5 Å². The van der Waals surface area contributed by atoms with Crippen LogP contribution in [0.15, 0.2) is 48.5 Å². The van der Waals surface area contributed by atoms with Gasteiger partial charge in [0.05, 0.1) is 0 Å². The molecule has 0 aromatic heterocycles. The summed E-state index contributed by atoms with van der Waals surface area (Å²) in [5.74, 6) is 1.51. The Kier molecular flexibility index (Phi) is 7.26. The van der Waals surface area contributed by atoms with E-state index in [2.05, 4.69) is 19.2 Å². The third-order valence-electron chi connectivity index (χ3n) is 3.70. The summed E-state index contributed by atoms with van der Waals surface area (Å²) >= 11 is 0. The van der Waals surface area contributed by atoms with Crippen molar-refractivity contribution in [2.24, 2.45) is 0 Å². The minimum Gasteiger partial charge on any atom is -0.491 e. The van der Waals surface area contributed by atoms with Crippen molar-refractivity contribution in [3.63, 3.8) is 0 Å². The number of benzene rings is 2. The largest absolute Gasteiger partial charge is 0.491 e. The fourth-order valence-electron chi connectivity index (χ4n) is 2.40. The summed E-state index contributed by atoms with van der Waals surface area (Å²) in [6, 6.07) is 14.9. The predicted octanol–water partition coefficient (Wildman–Crippen LogP) is 4.49. The Hall–Kier alpha value is -2.56. The average Bonchev–Trinajstić information content (AvgIpc) is 2.61. The first-order chi connectivity index (χ1) is 12.1. The molecule has 2 rings (SSSR count). The number of rotatable bonds is 8. The molecule has 0 bridgehead atoms. The van der Waals surface area contributed by atoms with Crippen molar-refractivity contribution >= 4 is 6.09 Å². The Morgan fingerprint density at radius 1 is 1.12 bits per heavy atom. The smallest absolute Gasteiger partial charge is 0.412 e. The van der Waals surface area contributed by atoms with Gasteiger partial charge in [0, 0.05) is 6.54 Å². The Morgan fingerprint density at radius 3 is 2.52 bits per heavy atom. The third kappa shape index (κ3) is 6.10. The number of ether oxygens (including phenoxy) is 2. The Balaban J connectivity index is 1.79. The van der Waals surface area contributed by atoms with Crippen LogP contribution < -0.4 is 14.8 Å². The van der Waals surface area contributed by atoms with Crippen LogP contribution in [0, 0.1) is 0 Å². The summed E-state index contributed by atoms with van der Waals surface area (Å²) in [5, 5.41) is 2.75. The first-order valence-electron chi connectivity index (χ1n) is 8.42. The van der Waals surface area contributed by atoms with Crippen molar-refractivity contribution in [2.45, 2.75) is 26.2 Å². The lowest BCUT2D eigenvalue weighted by molar-refractivity contribution is 0.200. The molecule has 0 saturated heterocycles. The van der Waals surface area contributed by atoms with E-state index in [1.807, 2.05) is 30.3 Å². The van der Waals surface area contributed by atoms with E-state index >= 15 is 0 Å². The normalized spacial score (nSPS) is 10.6. The summed E-state index contributed by atoms with van der Waals surface area (Å²) in [6.07, 6.45) is 0.209. The molecule has 0 aliphatic heterocycles. The van der Waals surface area contributed by atoms with Gasteiger partial charge in [-0.05, 0) is 41.7 Å². The second kappa shape index (κ2) is 9.67. The van der Waals surface area contributed by atoms with Gasteiger partial charge in [0.1, 0.15) is 24.8 Å². The van der Waals surface area contributed by atoms with Crippen LogP contribution in [-0.2, 0) is 6.42 Å². The van der Waals surface area contributed by atoms with Gasteiger partial charge < -0.3 is 14.8 Å². The van der Waals surface area contributed by atoms with Crippen molar-refractivity contribution in [1.29, 1.82) is 0 Å². The highest BCUT2D eigenvalue weighted by molar-refractivity contribution is 5.70. The van der Waals surface area contributed by atoms with Crippen LogP contribution in [0.2, 0.25) is 0 Å². The Labute approximate surface area is 148 Å². The maximum absolute atomic E-state index is 12.0. The van der Waals surface area contributed by atoms with Gasteiger partial charge in [0.25, 0.3) is 0 Å². The molecule has 25 heavy (non-hydrogen) atoms. The van der Waals surface area contributed by atoms with Crippen LogP contribution >= 0.6 is 0 Å². The van der Waals surface area contributed by atoms with Crippen LogP contribution in [0.25, 0.3) is 0 Å². The van der Waals surface area contributed by atoms with Gasteiger partial charge in [-0.25, -0.2) is 9.18 Å². The zero-order valence-electron chi connectivity index (χ0n) is 14.6. The molecule has 1 amide bonds. The van der Waals surface area contributed by atoms with Crippen molar-refractivity contribution < 1.29 is 18.7 Å². The highest BCUT2D eigenvalue weighted by atomic mass is 18.2. The maximum atomic E-state index is 12.0. The molecule has 1 N–H and O–H groups in total. The minimum absolute atomic E-state index is 0.0601. The lowest BCUT2D eigenvalue weighted by atomic mass is 10.0. The molecule has 134 valence electrons. The van der Waals surface area contributed by atoms with E-state index in [0.717, 1.165) is 11.1 Å². The number of para-hydroxylation sites is 1. The van der Waals surface area contributed by atoms with Gasteiger partial charge in [-0.2, -0.15) is 0 Å². The number of nitrogens with one attached hydrogen (secondary N) is 1. The molecule has 5 heteroatoms. The molecule has 0 aliphatic carbocycles. The first-order valence-corrected chi connectivity index (χ1v) is 8.42. The monoisotopic (exact) mass is 344 g/mol. The minimum atomic E-state index is -0.506. The summed E-state index contributed by atoms with van der Waals surface area (Å²) < 4.78 is 22.6. The number of carbonyl (C=O) groups is 1. The lowest BCUT2D eigenvalue weighted by Crippen LogP contribution is -2.29. The zero-order chi connectivity index (χ0) is 18.1. The van der Waals surface area contributed by atoms with Crippen LogP contribution in [0.1, 0.15) is 30.9 Å². The molecule has 0 aliphatic rings. The van der Waals surface area contributed by atoms with Crippen molar-refractivity contribution in [1.82, 2.24) is 5.32 Å². The van der Waals surface area contributed by atoms with Gasteiger partial charge in [-0.15, -0.1) is 0 Å². The SMILES string of the molecule is CC(C)c1ccccc1OC(=O)NCCc1ccc(OCC[18F])cc1. The van der Waals surface area contributed by atoms with Crippen LogP contribution in [0.3, 0.4) is 0 Å². The van der Waals surface area contributed by atoms with E-state index in [-0.39, 0.29) is 12.5 Å². The molecule has 4 nitrogen and oxygen atoms in total. The van der Waals surface area contributed by atoms with Crippen molar-refractivity contribution in [3.05, 3.63) is 59.7 Å². The molecule has 2 aromatic rings. The molecule has 0 spiro atoms. The summed E-state index contributed by atoms with van der Waals surface area (Å²) in [4.78, 5) is 12.0. The van der Waals surface area contributed by atoms with Gasteiger partial charge in [0.2, 0.25) is 0 Å². The number of carbonyl (C=O) groups excluding carboxylic acids is 1. The van der Waals surface area contributed by atoms with Gasteiger partial charge in [-0.3, -0.25) is 0 Å². The van der Waals surface area contributed by atoms with E-state index in [9.17, 15) is 9.18 Å². The Morgan fingerprint density at radius 2 is 1.84 bits per heavy atom. The molecule has 2 aromatic carbocycles. The Bertz CT molecular complexity index is 671. The predicted molar refractivity (Wildman–Crippen MR) is 96.2 cm³/mol. The standard InChI is InChI=1S/C20H24FNO3/c1-15(2)18-5-3-4-6-19(18)25-20(23)22-13-11-16-7-9-17(10-8-16)24-14-12-21/h3-10,15H,11-14H2,1-2H3,(H,22,23)/i21-1. The van der Waals surface area contributed by atoms with Gasteiger partial charge in [-0.1, -0.05) is 44.2 Å². The number of amides is 1. The molecule has 0 radical (unpaired) electrons. The van der Waals surface area contributed by atoms with Crippen molar-refractivity contribution in [3.8, 4) is 11.5 Å². The topological polar surface area (TPSA) is 47.6 Å².